The van der Waals surface area contributed by atoms with Gasteiger partial charge in [-0.3, -0.25) is 0 Å². The smallest absolute Gasteiger partial charge is 0.156 e. The quantitative estimate of drug-likeness (QED) is 0.891. The summed E-state index contributed by atoms with van der Waals surface area (Å²) in [5, 5.41) is 10.2. The number of rotatable bonds is 2. The Hall–Kier alpha value is -0.320. The Labute approximate surface area is 104 Å². The van der Waals surface area contributed by atoms with Gasteiger partial charge >= 0.3 is 0 Å². The predicted octanol–water partition coefficient (Wildman–Crippen LogP) is 2.79. The lowest BCUT2D eigenvalue weighted by Gasteiger charge is -2.17. The highest BCUT2D eigenvalue weighted by atomic mass is 35.5. The molecule has 2 rings (SSSR count). The Morgan fingerprint density at radius 2 is 1.88 bits per heavy atom. The summed E-state index contributed by atoms with van der Waals surface area (Å²) in [7, 11) is 0. The lowest BCUT2D eigenvalue weighted by molar-refractivity contribution is -0.0563. The van der Waals surface area contributed by atoms with Crippen molar-refractivity contribution < 1.29 is 14.6 Å². The van der Waals surface area contributed by atoms with Crippen LogP contribution in [0.5, 0.6) is 0 Å². The van der Waals surface area contributed by atoms with Crippen LogP contribution < -0.4 is 0 Å². The van der Waals surface area contributed by atoms with Crippen molar-refractivity contribution in [3.8, 4) is 0 Å². The molecule has 16 heavy (non-hydrogen) atoms. The zero-order valence-corrected chi connectivity index (χ0v) is 10.2. The maximum absolute atomic E-state index is 9.21. The summed E-state index contributed by atoms with van der Waals surface area (Å²) in [6, 6.07) is 5.24. The second kappa shape index (κ2) is 4.90. The van der Waals surface area contributed by atoms with Crippen molar-refractivity contribution in [2.75, 3.05) is 6.61 Å². The lowest BCUT2D eigenvalue weighted by Crippen LogP contribution is -2.20. The van der Waals surface area contributed by atoms with Gasteiger partial charge in [-0.2, -0.15) is 0 Å². The summed E-state index contributed by atoms with van der Waals surface area (Å²) in [5.41, 5.74) is 0.675. The molecule has 0 bridgehead atoms. The van der Waals surface area contributed by atoms with Crippen molar-refractivity contribution in [3.05, 3.63) is 33.8 Å². The van der Waals surface area contributed by atoms with Crippen LogP contribution >= 0.6 is 23.2 Å². The van der Waals surface area contributed by atoms with Crippen molar-refractivity contribution in [2.24, 2.45) is 0 Å². The van der Waals surface area contributed by atoms with Gasteiger partial charge in [0.05, 0.1) is 6.61 Å². The number of hydrogen-bond acceptors (Lipinski definition) is 3. The van der Waals surface area contributed by atoms with Crippen LogP contribution in [0.15, 0.2) is 18.2 Å². The van der Waals surface area contributed by atoms with Crippen LogP contribution in [0.4, 0.5) is 0 Å². The van der Waals surface area contributed by atoms with Gasteiger partial charge in [0, 0.05) is 15.6 Å². The third-order valence-electron chi connectivity index (χ3n) is 2.51. The van der Waals surface area contributed by atoms with Gasteiger partial charge < -0.3 is 14.6 Å². The van der Waals surface area contributed by atoms with E-state index in [9.17, 15) is 5.11 Å². The average Bonchev–Trinajstić information content (AvgIpc) is 2.59. The van der Waals surface area contributed by atoms with Gasteiger partial charge in [-0.25, -0.2) is 0 Å². The molecule has 3 atom stereocenters. The highest BCUT2D eigenvalue weighted by molar-refractivity contribution is 6.36. The van der Waals surface area contributed by atoms with E-state index in [4.69, 9.17) is 32.7 Å². The lowest BCUT2D eigenvalue weighted by atomic mass is 10.0. The van der Waals surface area contributed by atoms with Gasteiger partial charge in [0.2, 0.25) is 0 Å². The molecular weight excluding hydrogens is 251 g/mol. The molecule has 3 unspecified atom stereocenters. The fourth-order valence-corrected chi connectivity index (χ4v) is 2.43. The van der Waals surface area contributed by atoms with Crippen LogP contribution in [0, 0.1) is 0 Å². The van der Waals surface area contributed by atoms with Gasteiger partial charge in [0.25, 0.3) is 0 Å². The molecular formula is C11H12Cl2O3. The molecule has 1 aromatic carbocycles. The molecule has 0 aliphatic carbocycles. The number of hydrogen-bond donors (Lipinski definition) is 1. The number of halogens is 2. The number of ether oxygens (including phenoxy) is 2. The topological polar surface area (TPSA) is 38.7 Å². The monoisotopic (exact) mass is 262 g/mol. The summed E-state index contributed by atoms with van der Waals surface area (Å²) in [6.07, 6.45) is -1.21. The Bertz CT molecular complexity index is 363. The van der Waals surface area contributed by atoms with Crippen LogP contribution in [0.3, 0.4) is 0 Å². The molecule has 1 heterocycles. The highest BCUT2D eigenvalue weighted by Crippen LogP contribution is 2.39. The van der Waals surface area contributed by atoms with Crippen LogP contribution in [0.25, 0.3) is 0 Å². The van der Waals surface area contributed by atoms with Crippen LogP contribution in [-0.2, 0) is 9.47 Å². The van der Waals surface area contributed by atoms with Gasteiger partial charge in [-0.1, -0.05) is 29.3 Å². The summed E-state index contributed by atoms with van der Waals surface area (Å²) in [5.74, 6) is 0. The zero-order valence-electron chi connectivity index (χ0n) is 8.69. The largest absolute Gasteiger partial charge is 0.394 e. The standard InChI is InChI=1S/C11H12Cl2O3/c1-6-15-9(5-14)11(16-6)10-7(12)3-2-4-8(10)13/h2-4,6,9,11,14H,5H2,1H3. The van der Waals surface area contributed by atoms with E-state index in [1.165, 1.54) is 0 Å². The fraction of sp³-hybridized carbons (Fsp3) is 0.455. The third kappa shape index (κ3) is 2.19. The summed E-state index contributed by atoms with van der Waals surface area (Å²) >= 11 is 12.2. The molecule has 1 fully saturated rings. The average molecular weight is 263 g/mol. The SMILES string of the molecule is CC1OC(CO)C(c2c(Cl)cccc2Cl)O1. The van der Waals surface area contributed by atoms with Crippen molar-refractivity contribution in [2.45, 2.75) is 25.4 Å². The van der Waals surface area contributed by atoms with E-state index in [1.54, 1.807) is 25.1 Å². The van der Waals surface area contributed by atoms with E-state index in [0.29, 0.717) is 15.6 Å². The second-order valence-corrected chi connectivity index (χ2v) is 4.43. The number of benzene rings is 1. The Kier molecular flexibility index (Phi) is 3.72. The van der Waals surface area contributed by atoms with Gasteiger partial charge in [-0.05, 0) is 19.1 Å². The van der Waals surface area contributed by atoms with Gasteiger partial charge in [-0.15, -0.1) is 0 Å². The summed E-state index contributed by atoms with van der Waals surface area (Å²) < 4.78 is 11.0. The summed E-state index contributed by atoms with van der Waals surface area (Å²) in [4.78, 5) is 0. The van der Waals surface area contributed by atoms with Crippen molar-refractivity contribution in [1.82, 2.24) is 0 Å². The molecule has 0 aromatic heterocycles. The highest BCUT2D eigenvalue weighted by Gasteiger charge is 2.36. The molecule has 1 aromatic rings. The van der Waals surface area contributed by atoms with E-state index < -0.39 is 12.2 Å². The van der Waals surface area contributed by atoms with Crippen molar-refractivity contribution >= 4 is 23.2 Å². The normalized spacial score (nSPS) is 29.6. The predicted molar refractivity (Wildman–Crippen MR) is 61.7 cm³/mol. The van der Waals surface area contributed by atoms with E-state index in [2.05, 4.69) is 0 Å². The van der Waals surface area contributed by atoms with E-state index in [-0.39, 0.29) is 12.9 Å². The fourth-order valence-electron chi connectivity index (χ4n) is 1.82. The zero-order chi connectivity index (χ0) is 11.7. The second-order valence-electron chi connectivity index (χ2n) is 3.62. The van der Waals surface area contributed by atoms with Crippen LogP contribution in [0.2, 0.25) is 10.0 Å². The van der Waals surface area contributed by atoms with Crippen LogP contribution in [-0.4, -0.2) is 24.1 Å². The minimum Gasteiger partial charge on any atom is -0.394 e. The van der Waals surface area contributed by atoms with Crippen molar-refractivity contribution in [1.29, 1.82) is 0 Å². The third-order valence-corrected chi connectivity index (χ3v) is 3.17. The van der Waals surface area contributed by atoms with Crippen LogP contribution in [0.1, 0.15) is 18.6 Å². The first-order valence-corrected chi connectivity index (χ1v) is 5.74. The Morgan fingerprint density at radius 3 is 2.44 bits per heavy atom. The molecule has 0 saturated carbocycles. The van der Waals surface area contributed by atoms with E-state index in [1.807, 2.05) is 0 Å². The first kappa shape index (κ1) is 12.1. The maximum atomic E-state index is 9.21. The molecule has 1 aliphatic rings. The molecule has 5 heteroatoms. The molecule has 1 N–H and O–H groups in total. The summed E-state index contributed by atoms with van der Waals surface area (Å²) in [6.45, 7) is 1.64. The molecule has 3 nitrogen and oxygen atoms in total. The van der Waals surface area contributed by atoms with E-state index in [0.717, 1.165) is 0 Å². The molecule has 1 aliphatic heterocycles. The van der Waals surface area contributed by atoms with Gasteiger partial charge in [0.15, 0.2) is 6.29 Å². The number of aliphatic hydroxyl groups is 1. The Morgan fingerprint density at radius 1 is 1.25 bits per heavy atom. The van der Waals surface area contributed by atoms with Crippen molar-refractivity contribution in [3.63, 3.8) is 0 Å². The molecule has 1 saturated heterocycles. The molecule has 0 amide bonds. The first-order chi connectivity index (χ1) is 7.63. The van der Waals surface area contributed by atoms with Gasteiger partial charge in [0.1, 0.15) is 12.2 Å². The van der Waals surface area contributed by atoms with E-state index >= 15 is 0 Å². The number of aliphatic hydroxyl groups excluding tert-OH is 1. The maximum Gasteiger partial charge on any atom is 0.156 e. The molecule has 0 radical (unpaired) electrons. The first-order valence-electron chi connectivity index (χ1n) is 4.99. The Balaban J connectivity index is 2.36. The molecule has 0 spiro atoms. The minimum absolute atomic E-state index is 0.128. The minimum atomic E-state index is -0.424. The molecule has 88 valence electrons.